The van der Waals surface area contributed by atoms with Gasteiger partial charge in [0.15, 0.2) is 0 Å². The number of thiophene rings is 1. The molecule has 1 atom stereocenters. The molecule has 0 radical (unpaired) electrons. The molecule has 2 heterocycles. The van der Waals surface area contributed by atoms with Gasteiger partial charge in [0.1, 0.15) is 0 Å². The first-order valence-electron chi connectivity index (χ1n) is 5.14. The standard InChI is InChI=1S/C11H13BrN2S2/c1-2-13-9(10-6-15-7-14-10)5-11-8(12)3-4-16-11/h3-4,6-7,9,13H,2,5H2,1H3. The second kappa shape index (κ2) is 5.91. The molecule has 86 valence electrons. The Hall–Kier alpha value is -0.230. The first kappa shape index (κ1) is 12.2. The number of rotatable bonds is 5. The van der Waals surface area contributed by atoms with E-state index < -0.39 is 0 Å². The van der Waals surface area contributed by atoms with Crippen LogP contribution in [-0.4, -0.2) is 11.5 Å². The van der Waals surface area contributed by atoms with Crippen molar-refractivity contribution in [2.75, 3.05) is 6.54 Å². The first-order valence-corrected chi connectivity index (χ1v) is 7.76. The third kappa shape index (κ3) is 2.91. The fourth-order valence-electron chi connectivity index (χ4n) is 1.58. The van der Waals surface area contributed by atoms with Crippen LogP contribution >= 0.6 is 38.6 Å². The van der Waals surface area contributed by atoms with Crippen LogP contribution in [0.3, 0.4) is 0 Å². The van der Waals surface area contributed by atoms with E-state index in [-0.39, 0.29) is 0 Å². The minimum atomic E-state index is 0.325. The fourth-order valence-corrected chi connectivity index (χ4v) is 3.75. The van der Waals surface area contributed by atoms with Gasteiger partial charge in [0.2, 0.25) is 0 Å². The zero-order chi connectivity index (χ0) is 11.4. The van der Waals surface area contributed by atoms with Crippen molar-refractivity contribution in [3.05, 3.63) is 37.4 Å². The minimum Gasteiger partial charge on any atom is -0.309 e. The second-order valence-corrected chi connectivity index (χ2v) is 5.99. The summed E-state index contributed by atoms with van der Waals surface area (Å²) in [5, 5.41) is 7.71. The zero-order valence-corrected chi connectivity index (χ0v) is 12.2. The molecule has 0 saturated heterocycles. The summed E-state index contributed by atoms with van der Waals surface area (Å²) in [6.07, 6.45) is 0.996. The Balaban J connectivity index is 2.12. The van der Waals surface area contributed by atoms with E-state index in [2.05, 4.69) is 50.0 Å². The van der Waals surface area contributed by atoms with E-state index in [1.54, 1.807) is 22.7 Å². The van der Waals surface area contributed by atoms with E-state index in [4.69, 9.17) is 0 Å². The second-order valence-electron chi connectivity index (χ2n) is 3.42. The molecule has 0 spiro atoms. The molecule has 2 aromatic heterocycles. The topological polar surface area (TPSA) is 24.9 Å². The van der Waals surface area contributed by atoms with Gasteiger partial charge in [0, 0.05) is 21.2 Å². The van der Waals surface area contributed by atoms with Crippen LogP contribution in [0.4, 0.5) is 0 Å². The lowest BCUT2D eigenvalue weighted by molar-refractivity contribution is 0.542. The molecule has 0 aliphatic carbocycles. The average molecular weight is 317 g/mol. The van der Waals surface area contributed by atoms with Gasteiger partial charge in [0.25, 0.3) is 0 Å². The van der Waals surface area contributed by atoms with Gasteiger partial charge < -0.3 is 5.32 Å². The van der Waals surface area contributed by atoms with Gasteiger partial charge in [-0.2, -0.15) is 0 Å². The third-order valence-corrected chi connectivity index (χ3v) is 4.89. The van der Waals surface area contributed by atoms with Crippen molar-refractivity contribution in [3.63, 3.8) is 0 Å². The lowest BCUT2D eigenvalue weighted by Gasteiger charge is -2.15. The summed E-state index contributed by atoms with van der Waals surface area (Å²) in [4.78, 5) is 5.76. The molecule has 1 N–H and O–H groups in total. The normalized spacial score (nSPS) is 12.9. The van der Waals surface area contributed by atoms with E-state index in [9.17, 15) is 0 Å². The van der Waals surface area contributed by atoms with E-state index in [0.717, 1.165) is 18.7 Å². The van der Waals surface area contributed by atoms with Crippen LogP contribution in [0.5, 0.6) is 0 Å². The van der Waals surface area contributed by atoms with Gasteiger partial charge in [-0.25, -0.2) is 4.98 Å². The predicted octanol–water partition coefficient (Wildman–Crippen LogP) is 3.86. The molecule has 16 heavy (non-hydrogen) atoms. The third-order valence-electron chi connectivity index (χ3n) is 2.34. The molecule has 0 aliphatic rings. The van der Waals surface area contributed by atoms with Gasteiger partial charge in [-0.15, -0.1) is 22.7 Å². The molecular weight excluding hydrogens is 304 g/mol. The van der Waals surface area contributed by atoms with Crippen LogP contribution in [0.25, 0.3) is 0 Å². The van der Waals surface area contributed by atoms with Crippen LogP contribution in [-0.2, 0) is 6.42 Å². The maximum Gasteiger partial charge on any atom is 0.0795 e. The van der Waals surface area contributed by atoms with Gasteiger partial charge in [-0.1, -0.05) is 6.92 Å². The average Bonchev–Trinajstić information content (AvgIpc) is 2.90. The molecule has 1 unspecified atom stereocenters. The van der Waals surface area contributed by atoms with Crippen molar-refractivity contribution in [2.24, 2.45) is 0 Å². The summed E-state index contributed by atoms with van der Waals surface area (Å²) < 4.78 is 1.20. The van der Waals surface area contributed by atoms with Crippen molar-refractivity contribution in [1.29, 1.82) is 0 Å². The Bertz CT molecular complexity index is 425. The number of nitrogens with one attached hydrogen (secondary N) is 1. The van der Waals surface area contributed by atoms with Crippen molar-refractivity contribution < 1.29 is 0 Å². The number of halogens is 1. The molecule has 2 nitrogen and oxygen atoms in total. The van der Waals surface area contributed by atoms with Gasteiger partial charge in [0.05, 0.1) is 17.2 Å². The van der Waals surface area contributed by atoms with Crippen molar-refractivity contribution in [2.45, 2.75) is 19.4 Å². The Morgan fingerprint density at radius 2 is 2.44 bits per heavy atom. The molecule has 0 aromatic carbocycles. The first-order chi connectivity index (χ1) is 7.81. The Morgan fingerprint density at radius 1 is 1.56 bits per heavy atom. The highest BCUT2D eigenvalue weighted by atomic mass is 79.9. The monoisotopic (exact) mass is 316 g/mol. The largest absolute Gasteiger partial charge is 0.309 e. The lowest BCUT2D eigenvalue weighted by Crippen LogP contribution is -2.23. The highest BCUT2D eigenvalue weighted by Crippen LogP contribution is 2.28. The summed E-state index contributed by atoms with van der Waals surface area (Å²) in [6.45, 7) is 3.09. The fraction of sp³-hybridized carbons (Fsp3) is 0.364. The van der Waals surface area contributed by atoms with Crippen LogP contribution in [0.2, 0.25) is 0 Å². The van der Waals surface area contributed by atoms with Gasteiger partial charge in [-0.05, 0) is 33.9 Å². The summed E-state index contributed by atoms with van der Waals surface area (Å²) in [5.74, 6) is 0. The molecule has 0 fully saturated rings. The molecule has 0 amide bonds. The molecule has 0 bridgehead atoms. The van der Waals surface area contributed by atoms with Gasteiger partial charge in [-0.3, -0.25) is 0 Å². The smallest absolute Gasteiger partial charge is 0.0795 e. The summed E-state index contributed by atoms with van der Waals surface area (Å²) in [5.41, 5.74) is 3.04. The minimum absolute atomic E-state index is 0.325. The zero-order valence-electron chi connectivity index (χ0n) is 8.94. The Kier molecular flexibility index (Phi) is 4.52. The highest BCUT2D eigenvalue weighted by Gasteiger charge is 2.15. The van der Waals surface area contributed by atoms with Crippen LogP contribution in [0.15, 0.2) is 26.8 Å². The van der Waals surface area contributed by atoms with Gasteiger partial charge >= 0.3 is 0 Å². The van der Waals surface area contributed by atoms with Crippen molar-refractivity contribution >= 4 is 38.6 Å². The lowest BCUT2D eigenvalue weighted by atomic mass is 10.1. The number of hydrogen-bond acceptors (Lipinski definition) is 4. The van der Waals surface area contributed by atoms with Crippen LogP contribution < -0.4 is 5.32 Å². The number of thiazole rings is 1. The number of hydrogen-bond donors (Lipinski definition) is 1. The maximum atomic E-state index is 4.39. The van der Waals surface area contributed by atoms with E-state index in [1.165, 1.54) is 9.35 Å². The molecule has 5 heteroatoms. The SMILES string of the molecule is CCNC(Cc1sccc1Br)c1cscn1. The molecule has 0 saturated carbocycles. The maximum absolute atomic E-state index is 4.39. The van der Waals surface area contributed by atoms with E-state index in [1.807, 2.05) is 5.51 Å². The number of aromatic nitrogens is 1. The van der Waals surface area contributed by atoms with Crippen molar-refractivity contribution in [1.82, 2.24) is 10.3 Å². The van der Waals surface area contributed by atoms with E-state index in [0.29, 0.717) is 6.04 Å². The predicted molar refractivity (Wildman–Crippen MR) is 74.3 cm³/mol. The summed E-state index contributed by atoms with van der Waals surface area (Å²) in [7, 11) is 0. The Labute approximate surface area is 112 Å². The van der Waals surface area contributed by atoms with E-state index >= 15 is 0 Å². The highest BCUT2D eigenvalue weighted by molar-refractivity contribution is 9.10. The quantitative estimate of drug-likeness (QED) is 0.906. The molecule has 2 rings (SSSR count). The summed E-state index contributed by atoms with van der Waals surface area (Å²) >= 11 is 7.01. The van der Waals surface area contributed by atoms with Crippen LogP contribution in [0.1, 0.15) is 23.5 Å². The number of likely N-dealkylation sites (N-methyl/N-ethyl adjacent to an activating group) is 1. The Morgan fingerprint density at radius 3 is 3.00 bits per heavy atom. The number of nitrogens with zero attached hydrogens (tertiary/aromatic N) is 1. The van der Waals surface area contributed by atoms with Crippen molar-refractivity contribution in [3.8, 4) is 0 Å². The van der Waals surface area contributed by atoms with Crippen LogP contribution in [0, 0.1) is 0 Å². The molecular formula is C11H13BrN2S2. The molecule has 0 aliphatic heterocycles. The molecule has 2 aromatic rings. The summed E-state index contributed by atoms with van der Waals surface area (Å²) in [6, 6.07) is 2.43.